The van der Waals surface area contributed by atoms with Crippen LogP contribution in [0.1, 0.15) is 44.4 Å². The maximum atomic E-state index is 12.8. The summed E-state index contributed by atoms with van der Waals surface area (Å²) in [5, 5.41) is 2.87. The zero-order chi connectivity index (χ0) is 27.5. The Morgan fingerprint density at radius 3 is 2.56 bits per heavy atom. The standard InChI is InChI=1S/C32H35N3O3S/c1-3-5-20-38-30-14-10-26(11-15-30)27-8-6-7-25(21-27)9-18-32(36)34-28-12-16-31(17-13-28)39(37)23-29-22-33-24-35(29)19-4-2/h6-18,21-22,24H,3-5,19-20,23H2,1-2H3,(H,34,36)/b18-9+/t39-/m0/s1. The number of nitrogens with one attached hydrogen (secondary N) is 1. The monoisotopic (exact) mass is 541 g/mol. The summed E-state index contributed by atoms with van der Waals surface area (Å²) < 4.78 is 20.6. The van der Waals surface area contributed by atoms with E-state index in [9.17, 15) is 9.35 Å². The molecule has 0 radical (unpaired) electrons. The summed E-state index contributed by atoms with van der Waals surface area (Å²) in [7, 11) is 0. The highest BCUT2D eigenvalue weighted by Gasteiger charge is 2.15. The molecule has 1 atom stereocenters. The number of unbranched alkanes of at least 4 members (excludes halogenated alkanes) is 1. The number of aromatic nitrogens is 2. The Balaban J connectivity index is 1.32. The van der Waals surface area contributed by atoms with Crippen molar-refractivity contribution in [3.05, 3.63) is 103 Å². The Hall–Kier alpha value is -3.81. The van der Waals surface area contributed by atoms with E-state index in [4.69, 9.17) is 4.74 Å². The molecular formula is C32H35N3O3S. The molecule has 4 aromatic rings. The number of benzene rings is 3. The van der Waals surface area contributed by atoms with Gasteiger partial charge in [-0.15, -0.1) is 0 Å². The van der Waals surface area contributed by atoms with Gasteiger partial charge < -0.3 is 19.2 Å². The number of hydrogen-bond donors (Lipinski definition) is 1. The van der Waals surface area contributed by atoms with E-state index >= 15 is 0 Å². The highest BCUT2D eigenvalue weighted by molar-refractivity contribution is 7.90. The smallest absolute Gasteiger partial charge is 0.248 e. The van der Waals surface area contributed by atoms with Gasteiger partial charge in [-0.05, 0) is 89.2 Å². The topological polar surface area (TPSA) is 79.2 Å². The first-order valence-corrected chi connectivity index (χ1v) is 14.7. The summed E-state index contributed by atoms with van der Waals surface area (Å²) in [5.74, 6) is 1.05. The SMILES string of the molecule is CCCCOc1ccc(-c2cccc(/C=C/C(=O)Nc3ccc([S@@+]([O-])Cc4cncn4CCC)cc3)c2)cc1. The van der Waals surface area contributed by atoms with Crippen LogP contribution in [0.3, 0.4) is 0 Å². The second kappa shape index (κ2) is 14.4. The number of rotatable bonds is 13. The van der Waals surface area contributed by atoms with E-state index in [1.54, 1.807) is 42.9 Å². The number of carbonyl (C=O) groups is 1. The van der Waals surface area contributed by atoms with Gasteiger partial charge in [0.2, 0.25) is 5.91 Å². The molecule has 39 heavy (non-hydrogen) atoms. The zero-order valence-electron chi connectivity index (χ0n) is 22.5. The van der Waals surface area contributed by atoms with Crippen molar-refractivity contribution in [3.63, 3.8) is 0 Å². The van der Waals surface area contributed by atoms with Crippen molar-refractivity contribution in [2.24, 2.45) is 0 Å². The molecule has 4 rings (SSSR count). The average Bonchev–Trinajstić information content (AvgIpc) is 3.39. The minimum Gasteiger partial charge on any atom is -0.611 e. The molecular weight excluding hydrogens is 506 g/mol. The predicted molar refractivity (Wildman–Crippen MR) is 159 cm³/mol. The fourth-order valence-electron chi connectivity index (χ4n) is 4.07. The summed E-state index contributed by atoms with van der Waals surface area (Å²) in [5.41, 5.74) is 4.69. The molecule has 1 aromatic heterocycles. The first-order chi connectivity index (χ1) is 19.1. The van der Waals surface area contributed by atoms with E-state index < -0.39 is 11.2 Å². The summed E-state index contributed by atoms with van der Waals surface area (Å²) in [6.45, 7) is 5.84. The molecule has 0 aliphatic rings. The van der Waals surface area contributed by atoms with Crippen molar-refractivity contribution in [1.82, 2.24) is 9.55 Å². The quantitative estimate of drug-likeness (QED) is 0.111. The Kier molecular flexibility index (Phi) is 10.4. The summed E-state index contributed by atoms with van der Waals surface area (Å²) in [6.07, 6.45) is 10.0. The lowest BCUT2D eigenvalue weighted by Gasteiger charge is -2.12. The van der Waals surface area contributed by atoms with Crippen molar-refractivity contribution in [2.75, 3.05) is 11.9 Å². The van der Waals surface area contributed by atoms with Crippen molar-refractivity contribution in [2.45, 2.75) is 50.3 Å². The molecule has 0 aliphatic heterocycles. The molecule has 202 valence electrons. The largest absolute Gasteiger partial charge is 0.611 e. The van der Waals surface area contributed by atoms with Gasteiger partial charge in [0.05, 0.1) is 24.8 Å². The predicted octanol–water partition coefficient (Wildman–Crippen LogP) is 7.10. The first kappa shape index (κ1) is 28.2. The van der Waals surface area contributed by atoms with Crippen LogP contribution >= 0.6 is 0 Å². The second-order valence-corrected chi connectivity index (χ2v) is 10.7. The summed E-state index contributed by atoms with van der Waals surface area (Å²) >= 11 is -1.19. The fraction of sp³-hybridized carbons (Fsp3) is 0.250. The summed E-state index contributed by atoms with van der Waals surface area (Å²) in [6, 6.07) is 23.3. The molecule has 0 saturated heterocycles. The van der Waals surface area contributed by atoms with Gasteiger partial charge in [0.15, 0.2) is 10.6 Å². The van der Waals surface area contributed by atoms with Crippen molar-refractivity contribution in [3.8, 4) is 16.9 Å². The van der Waals surface area contributed by atoms with Crippen LogP contribution in [0.15, 0.2) is 96.3 Å². The number of ether oxygens (including phenoxy) is 1. The van der Waals surface area contributed by atoms with Gasteiger partial charge in [0.25, 0.3) is 0 Å². The van der Waals surface area contributed by atoms with E-state index in [1.165, 1.54) is 6.08 Å². The van der Waals surface area contributed by atoms with Crippen LogP contribution in [0, 0.1) is 0 Å². The molecule has 0 spiro atoms. The van der Waals surface area contributed by atoms with Crippen LogP contribution in [0.2, 0.25) is 0 Å². The minimum atomic E-state index is -1.19. The normalized spacial score (nSPS) is 12.0. The Labute approximate surface area is 233 Å². The second-order valence-electron chi connectivity index (χ2n) is 9.27. The highest BCUT2D eigenvalue weighted by atomic mass is 32.2. The number of anilines is 1. The van der Waals surface area contributed by atoms with E-state index in [0.717, 1.165) is 60.5 Å². The number of amides is 1. The van der Waals surface area contributed by atoms with E-state index in [2.05, 4.69) is 24.1 Å². The fourth-order valence-corrected chi connectivity index (χ4v) is 5.19. The lowest BCUT2D eigenvalue weighted by Crippen LogP contribution is -2.11. The number of nitrogens with zero attached hydrogens (tertiary/aromatic N) is 2. The van der Waals surface area contributed by atoms with Gasteiger partial charge in [-0.25, -0.2) is 4.98 Å². The maximum absolute atomic E-state index is 12.8. The number of imidazole rings is 1. The molecule has 0 aliphatic carbocycles. The lowest BCUT2D eigenvalue weighted by molar-refractivity contribution is -0.111. The van der Waals surface area contributed by atoms with E-state index in [0.29, 0.717) is 16.3 Å². The van der Waals surface area contributed by atoms with Crippen LogP contribution in [-0.2, 0) is 28.3 Å². The molecule has 3 aromatic carbocycles. The van der Waals surface area contributed by atoms with Gasteiger partial charge in [-0.1, -0.05) is 50.6 Å². The maximum Gasteiger partial charge on any atom is 0.248 e. The van der Waals surface area contributed by atoms with Gasteiger partial charge in [0.1, 0.15) is 5.75 Å². The molecule has 1 N–H and O–H groups in total. The highest BCUT2D eigenvalue weighted by Crippen LogP contribution is 2.24. The number of aryl methyl sites for hydroxylation is 1. The molecule has 1 heterocycles. The van der Waals surface area contributed by atoms with Crippen LogP contribution in [0.5, 0.6) is 5.75 Å². The Bertz CT molecular complexity index is 1360. The molecule has 0 fully saturated rings. The van der Waals surface area contributed by atoms with E-state index in [1.807, 2.05) is 53.1 Å². The van der Waals surface area contributed by atoms with Gasteiger partial charge in [0, 0.05) is 18.3 Å². The van der Waals surface area contributed by atoms with Crippen LogP contribution in [0.25, 0.3) is 17.2 Å². The lowest BCUT2D eigenvalue weighted by atomic mass is 10.0. The minimum absolute atomic E-state index is 0.230. The molecule has 6 nitrogen and oxygen atoms in total. The molecule has 0 saturated carbocycles. The molecule has 0 unspecified atom stereocenters. The third-order valence-electron chi connectivity index (χ3n) is 6.19. The summed E-state index contributed by atoms with van der Waals surface area (Å²) in [4.78, 5) is 17.4. The number of carbonyl (C=O) groups excluding carboxylic acids is 1. The third-order valence-corrected chi connectivity index (χ3v) is 7.55. The van der Waals surface area contributed by atoms with Crippen molar-refractivity contribution in [1.29, 1.82) is 0 Å². The Morgan fingerprint density at radius 1 is 1.03 bits per heavy atom. The third kappa shape index (κ3) is 8.34. The van der Waals surface area contributed by atoms with Gasteiger partial charge >= 0.3 is 0 Å². The van der Waals surface area contributed by atoms with Crippen LogP contribution in [0.4, 0.5) is 5.69 Å². The van der Waals surface area contributed by atoms with Crippen LogP contribution < -0.4 is 10.1 Å². The zero-order valence-corrected chi connectivity index (χ0v) is 23.3. The van der Waals surface area contributed by atoms with Gasteiger partial charge in [-0.2, -0.15) is 0 Å². The average molecular weight is 542 g/mol. The molecule has 0 bridgehead atoms. The molecule has 7 heteroatoms. The van der Waals surface area contributed by atoms with Crippen molar-refractivity contribution >= 4 is 28.8 Å². The van der Waals surface area contributed by atoms with Crippen molar-refractivity contribution < 1.29 is 14.1 Å². The van der Waals surface area contributed by atoms with Gasteiger partial charge in [-0.3, -0.25) is 4.79 Å². The Morgan fingerprint density at radius 2 is 1.82 bits per heavy atom. The van der Waals surface area contributed by atoms with E-state index in [-0.39, 0.29) is 5.91 Å². The van der Waals surface area contributed by atoms with Crippen LogP contribution in [-0.4, -0.2) is 26.6 Å². The molecule has 1 amide bonds. The number of hydrogen-bond acceptors (Lipinski definition) is 4. The first-order valence-electron chi connectivity index (χ1n) is 13.4.